The molecule has 1 unspecified atom stereocenters. The average Bonchev–Trinajstić information content (AvgIpc) is 2.88. The molecule has 0 bridgehead atoms. The molecule has 0 aromatic heterocycles. The lowest BCUT2D eigenvalue weighted by atomic mass is 10.1. The van der Waals surface area contributed by atoms with E-state index in [0.717, 1.165) is 44.6 Å². The number of rotatable bonds is 6. The van der Waals surface area contributed by atoms with Crippen molar-refractivity contribution in [2.24, 2.45) is 5.92 Å². The SMILES string of the molecule is COc1ccc(CCN2CC(C(=O)N3CCCNCC3)CC2=O)cc1OC. The van der Waals surface area contributed by atoms with E-state index in [2.05, 4.69) is 5.32 Å². The Morgan fingerprint density at radius 3 is 2.78 bits per heavy atom. The Morgan fingerprint density at radius 1 is 1.19 bits per heavy atom. The first-order valence-corrected chi connectivity index (χ1v) is 9.60. The quantitative estimate of drug-likeness (QED) is 0.801. The van der Waals surface area contributed by atoms with E-state index in [1.807, 2.05) is 28.0 Å². The Balaban J connectivity index is 1.55. The number of nitrogens with one attached hydrogen (secondary N) is 1. The van der Waals surface area contributed by atoms with E-state index in [1.165, 1.54) is 0 Å². The third kappa shape index (κ3) is 4.71. The van der Waals surface area contributed by atoms with Gasteiger partial charge in [-0.05, 0) is 37.1 Å². The van der Waals surface area contributed by atoms with Crippen molar-refractivity contribution in [2.75, 3.05) is 53.5 Å². The Labute approximate surface area is 160 Å². The van der Waals surface area contributed by atoms with Gasteiger partial charge in [-0.1, -0.05) is 6.07 Å². The van der Waals surface area contributed by atoms with Crippen molar-refractivity contribution in [3.8, 4) is 11.5 Å². The fraction of sp³-hybridized carbons (Fsp3) is 0.600. The van der Waals surface area contributed by atoms with Crippen LogP contribution >= 0.6 is 0 Å². The van der Waals surface area contributed by atoms with Gasteiger partial charge in [0.2, 0.25) is 11.8 Å². The molecule has 2 aliphatic rings. The topological polar surface area (TPSA) is 71.1 Å². The average molecular weight is 375 g/mol. The molecular formula is C20H29N3O4. The van der Waals surface area contributed by atoms with Crippen molar-refractivity contribution in [3.63, 3.8) is 0 Å². The van der Waals surface area contributed by atoms with Crippen molar-refractivity contribution in [3.05, 3.63) is 23.8 Å². The maximum Gasteiger partial charge on any atom is 0.228 e. The largest absolute Gasteiger partial charge is 0.493 e. The summed E-state index contributed by atoms with van der Waals surface area (Å²) in [5.41, 5.74) is 1.08. The first kappa shape index (κ1) is 19.5. The van der Waals surface area contributed by atoms with Crippen LogP contribution in [-0.2, 0) is 16.0 Å². The van der Waals surface area contributed by atoms with Crippen molar-refractivity contribution in [2.45, 2.75) is 19.3 Å². The molecule has 2 aliphatic heterocycles. The number of methoxy groups -OCH3 is 2. The second kappa shape index (κ2) is 9.08. The third-order valence-electron chi connectivity index (χ3n) is 5.33. The van der Waals surface area contributed by atoms with E-state index in [0.29, 0.717) is 31.0 Å². The minimum absolute atomic E-state index is 0.0711. The van der Waals surface area contributed by atoms with Crippen molar-refractivity contribution in [1.29, 1.82) is 0 Å². The van der Waals surface area contributed by atoms with E-state index >= 15 is 0 Å². The highest BCUT2D eigenvalue weighted by atomic mass is 16.5. The second-order valence-electron chi connectivity index (χ2n) is 7.11. The minimum Gasteiger partial charge on any atom is -0.493 e. The second-order valence-corrected chi connectivity index (χ2v) is 7.11. The minimum atomic E-state index is -0.207. The molecule has 27 heavy (non-hydrogen) atoms. The van der Waals surface area contributed by atoms with Gasteiger partial charge in [0.25, 0.3) is 0 Å². The smallest absolute Gasteiger partial charge is 0.228 e. The maximum absolute atomic E-state index is 12.8. The summed E-state index contributed by atoms with van der Waals surface area (Å²) in [5, 5.41) is 3.31. The zero-order chi connectivity index (χ0) is 19.2. The molecule has 2 amide bonds. The van der Waals surface area contributed by atoms with Crippen LogP contribution in [0.1, 0.15) is 18.4 Å². The summed E-state index contributed by atoms with van der Waals surface area (Å²) in [6, 6.07) is 5.79. The molecule has 7 nitrogen and oxygen atoms in total. The van der Waals surface area contributed by atoms with E-state index in [1.54, 1.807) is 14.2 Å². The highest BCUT2D eigenvalue weighted by molar-refractivity contribution is 5.89. The molecule has 3 rings (SSSR count). The molecule has 0 aliphatic carbocycles. The predicted molar refractivity (Wildman–Crippen MR) is 102 cm³/mol. The van der Waals surface area contributed by atoms with Crippen LogP contribution in [0.4, 0.5) is 0 Å². The normalized spacial score (nSPS) is 20.5. The molecule has 1 aromatic carbocycles. The van der Waals surface area contributed by atoms with Gasteiger partial charge >= 0.3 is 0 Å². The number of ether oxygens (including phenoxy) is 2. The molecular weight excluding hydrogens is 346 g/mol. The number of amides is 2. The van der Waals surface area contributed by atoms with Crippen LogP contribution in [-0.4, -0.2) is 75.1 Å². The van der Waals surface area contributed by atoms with Crippen LogP contribution in [0, 0.1) is 5.92 Å². The van der Waals surface area contributed by atoms with Crippen LogP contribution in [0.25, 0.3) is 0 Å². The zero-order valence-corrected chi connectivity index (χ0v) is 16.2. The summed E-state index contributed by atoms with van der Waals surface area (Å²) in [7, 11) is 3.22. The summed E-state index contributed by atoms with van der Waals surface area (Å²) >= 11 is 0. The number of nitrogens with zero attached hydrogens (tertiary/aromatic N) is 2. The van der Waals surface area contributed by atoms with Crippen molar-refractivity contribution >= 4 is 11.8 Å². The van der Waals surface area contributed by atoms with Crippen LogP contribution in [0.15, 0.2) is 18.2 Å². The summed E-state index contributed by atoms with van der Waals surface area (Å²) < 4.78 is 10.6. The van der Waals surface area contributed by atoms with Crippen molar-refractivity contribution < 1.29 is 19.1 Å². The number of carbonyl (C=O) groups excluding carboxylic acids is 2. The Bertz CT molecular complexity index is 671. The van der Waals surface area contributed by atoms with E-state index in [-0.39, 0.29) is 17.7 Å². The van der Waals surface area contributed by atoms with Gasteiger partial charge in [-0.15, -0.1) is 0 Å². The Hall–Kier alpha value is -2.28. The Kier molecular flexibility index (Phi) is 6.55. The van der Waals surface area contributed by atoms with Crippen molar-refractivity contribution in [1.82, 2.24) is 15.1 Å². The first-order chi connectivity index (χ1) is 13.1. The lowest BCUT2D eigenvalue weighted by Crippen LogP contribution is -2.39. The fourth-order valence-corrected chi connectivity index (χ4v) is 3.78. The highest BCUT2D eigenvalue weighted by Gasteiger charge is 2.36. The standard InChI is InChI=1S/C20H29N3O4/c1-26-17-5-4-15(12-18(17)27-2)6-10-23-14-16(13-19(23)24)20(25)22-9-3-7-21-8-11-22/h4-5,12,16,21H,3,6-11,13-14H2,1-2H3. The van der Waals surface area contributed by atoms with Gasteiger partial charge in [0, 0.05) is 39.1 Å². The lowest BCUT2D eigenvalue weighted by Gasteiger charge is -2.23. The molecule has 0 radical (unpaired) electrons. The number of likely N-dealkylation sites (tertiary alicyclic amines) is 1. The Morgan fingerprint density at radius 2 is 2.00 bits per heavy atom. The van der Waals surface area contributed by atoms with Gasteiger partial charge in [0.1, 0.15) is 0 Å². The number of benzene rings is 1. The summed E-state index contributed by atoms with van der Waals surface area (Å²) in [6.45, 7) is 4.42. The van der Waals surface area contributed by atoms with E-state index in [4.69, 9.17) is 9.47 Å². The summed E-state index contributed by atoms with van der Waals surface area (Å²) in [6.07, 6.45) is 2.02. The molecule has 1 atom stereocenters. The molecule has 1 aromatic rings. The molecule has 7 heteroatoms. The van der Waals surface area contributed by atoms with Gasteiger partial charge < -0.3 is 24.6 Å². The molecule has 148 valence electrons. The molecule has 0 saturated carbocycles. The van der Waals surface area contributed by atoms with Gasteiger partial charge in [-0.25, -0.2) is 0 Å². The molecule has 1 N–H and O–H groups in total. The summed E-state index contributed by atoms with van der Waals surface area (Å²) in [5.74, 6) is 1.37. The lowest BCUT2D eigenvalue weighted by molar-refractivity contribution is -0.135. The van der Waals surface area contributed by atoms with Crippen LogP contribution in [0.5, 0.6) is 11.5 Å². The van der Waals surface area contributed by atoms with Gasteiger partial charge in [0.05, 0.1) is 20.1 Å². The predicted octanol–water partition coefficient (Wildman–Crippen LogP) is 0.917. The maximum atomic E-state index is 12.8. The van der Waals surface area contributed by atoms with Crippen LogP contribution in [0.3, 0.4) is 0 Å². The van der Waals surface area contributed by atoms with Crippen LogP contribution in [0.2, 0.25) is 0 Å². The number of carbonyl (C=O) groups is 2. The molecule has 2 saturated heterocycles. The molecule has 2 heterocycles. The highest BCUT2D eigenvalue weighted by Crippen LogP contribution is 2.28. The zero-order valence-electron chi connectivity index (χ0n) is 16.2. The van der Waals surface area contributed by atoms with E-state index < -0.39 is 0 Å². The number of hydrogen-bond donors (Lipinski definition) is 1. The monoisotopic (exact) mass is 375 g/mol. The van der Waals surface area contributed by atoms with Gasteiger partial charge in [-0.3, -0.25) is 9.59 Å². The molecule has 2 fully saturated rings. The molecule has 0 spiro atoms. The third-order valence-corrected chi connectivity index (χ3v) is 5.33. The number of hydrogen-bond acceptors (Lipinski definition) is 5. The van der Waals surface area contributed by atoms with Gasteiger partial charge in [0.15, 0.2) is 11.5 Å². The van der Waals surface area contributed by atoms with Crippen LogP contribution < -0.4 is 14.8 Å². The first-order valence-electron chi connectivity index (χ1n) is 9.60. The van der Waals surface area contributed by atoms with E-state index in [9.17, 15) is 9.59 Å². The fourth-order valence-electron chi connectivity index (χ4n) is 3.78. The van der Waals surface area contributed by atoms with Gasteiger partial charge in [-0.2, -0.15) is 0 Å². The summed E-state index contributed by atoms with van der Waals surface area (Å²) in [4.78, 5) is 28.9.